The Hall–Kier alpha value is -4.57. The number of benzene rings is 3. The molecule has 1 saturated heterocycles. The third-order valence-corrected chi connectivity index (χ3v) is 5.83. The highest BCUT2D eigenvalue weighted by Gasteiger charge is 2.48. The topological polar surface area (TPSA) is 150 Å². The molecule has 1 unspecified atom stereocenters. The molecule has 1 fully saturated rings. The summed E-state index contributed by atoms with van der Waals surface area (Å²) < 4.78 is 5.44. The van der Waals surface area contributed by atoms with Crippen LogP contribution in [0.1, 0.15) is 24.1 Å². The maximum absolute atomic E-state index is 13.2. The number of carbonyl (C=O) groups is 2. The molecule has 1 aliphatic rings. The van der Waals surface area contributed by atoms with Gasteiger partial charge in [-0.25, -0.2) is 0 Å². The molecular weight excluding hydrogens is 492 g/mol. The van der Waals surface area contributed by atoms with E-state index < -0.39 is 28.4 Å². The molecule has 1 heterocycles. The number of nitrogens with zero attached hydrogens (tertiary/aromatic N) is 2. The number of hydrogen-bond acceptors (Lipinski definition) is 8. The average molecular weight is 511 g/mol. The van der Waals surface area contributed by atoms with Gasteiger partial charge in [-0.2, -0.15) is 0 Å². The number of carbonyl (C=O) groups excluding carboxylic acids is 2. The summed E-state index contributed by atoms with van der Waals surface area (Å²) in [6.45, 7) is 1.92. The van der Waals surface area contributed by atoms with E-state index >= 15 is 0 Å². The molecule has 11 heteroatoms. The quantitative estimate of drug-likeness (QED) is 0.142. The lowest BCUT2D eigenvalue weighted by Gasteiger charge is -2.26. The largest absolute Gasteiger partial charge is 0.507 e. The summed E-state index contributed by atoms with van der Waals surface area (Å²) in [6.07, 6.45) is 0. The predicted molar refractivity (Wildman–Crippen MR) is 130 cm³/mol. The summed E-state index contributed by atoms with van der Waals surface area (Å²) in [5, 5.41) is 43.0. The minimum atomic E-state index is -1.26. The number of phenolic OH excluding ortho intramolecular Hbond substituents is 2. The lowest BCUT2D eigenvalue weighted by atomic mass is 9.94. The van der Waals surface area contributed by atoms with Gasteiger partial charge in [-0.15, -0.1) is 0 Å². The first-order chi connectivity index (χ1) is 17.1. The number of aliphatic hydroxyl groups is 1. The summed E-state index contributed by atoms with van der Waals surface area (Å²) >= 11 is 6.09. The third kappa shape index (κ3) is 4.29. The molecule has 0 bridgehead atoms. The van der Waals surface area contributed by atoms with Gasteiger partial charge in [0.25, 0.3) is 17.4 Å². The monoisotopic (exact) mass is 510 g/mol. The normalized spacial score (nSPS) is 16.8. The van der Waals surface area contributed by atoms with E-state index in [4.69, 9.17) is 16.3 Å². The van der Waals surface area contributed by atoms with Crippen molar-refractivity contribution in [2.75, 3.05) is 11.5 Å². The second-order valence-corrected chi connectivity index (χ2v) is 8.20. The van der Waals surface area contributed by atoms with Crippen LogP contribution in [0.4, 0.5) is 11.4 Å². The minimum Gasteiger partial charge on any atom is -0.507 e. The number of nitro benzene ring substituents is 1. The Balaban J connectivity index is 1.97. The fourth-order valence-electron chi connectivity index (χ4n) is 3.95. The van der Waals surface area contributed by atoms with Crippen LogP contribution in [0.3, 0.4) is 0 Å². The van der Waals surface area contributed by atoms with Crippen LogP contribution in [0.25, 0.3) is 5.76 Å². The van der Waals surface area contributed by atoms with Crippen LogP contribution in [0.5, 0.6) is 17.2 Å². The Bertz CT molecular complexity index is 1420. The first kappa shape index (κ1) is 24.6. The second-order valence-electron chi connectivity index (χ2n) is 7.77. The predicted octanol–water partition coefficient (Wildman–Crippen LogP) is 4.68. The summed E-state index contributed by atoms with van der Waals surface area (Å²) in [5.41, 5.74) is -0.307. The van der Waals surface area contributed by atoms with Gasteiger partial charge >= 0.3 is 0 Å². The molecule has 1 atom stereocenters. The molecule has 184 valence electrons. The van der Waals surface area contributed by atoms with Crippen molar-refractivity contribution in [3.8, 4) is 17.2 Å². The Morgan fingerprint density at radius 1 is 1.06 bits per heavy atom. The zero-order valence-electron chi connectivity index (χ0n) is 18.7. The maximum Gasteiger partial charge on any atom is 0.300 e. The molecule has 4 rings (SSSR count). The fourth-order valence-corrected chi connectivity index (χ4v) is 4.12. The van der Waals surface area contributed by atoms with Crippen molar-refractivity contribution in [2.24, 2.45) is 0 Å². The summed E-state index contributed by atoms with van der Waals surface area (Å²) in [4.78, 5) is 37.8. The van der Waals surface area contributed by atoms with Crippen molar-refractivity contribution < 1.29 is 34.6 Å². The van der Waals surface area contributed by atoms with Gasteiger partial charge in [-0.1, -0.05) is 17.7 Å². The summed E-state index contributed by atoms with van der Waals surface area (Å²) in [6, 6.07) is 11.6. The number of aliphatic hydroxyl groups excluding tert-OH is 1. The van der Waals surface area contributed by atoms with E-state index in [9.17, 15) is 35.0 Å². The standard InChI is InChI=1S/C25H19ClN2O8/c1-2-36-20-11-14(5-9-19(20)30)22-21(23(31)13-3-7-16(8-4-13)28(34)35)24(32)25(33)27(22)17-12-15(26)6-10-18(17)29/h3-12,22,29-31H,2H2,1H3/b23-21+. The van der Waals surface area contributed by atoms with Crippen molar-refractivity contribution in [1.29, 1.82) is 0 Å². The molecule has 0 radical (unpaired) electrons. The van der Waals surface area contributed by atoms with Crippen LogP contribution in [0.2, 0.25) is 5.02 Å². The number of ketones is 1. The number of non-ortho nitro benzene ring substituents is 1. The molecule has 1 aliphatic heterocycles. The smallest absolute Gasteiger partial charge is 0.300 e. The molecule has 10 nitrogen and oxygen atoms in total. The number of ether oxygens (including phenoxy) is 1. The zero-order valence-corrected chi connectivity index (χ0v) is 19.5. The van der Waals surface area contributed by atoms with Crippen LogP contribution in [0, 0.1) is 10.1 Å². The SMILES string of the molecule is CCOc1cc(C2/C(=C(\O)c3ccc([N+](=O)[O-])cc3)C(=O)C(=O)N2c2cc(Cl)ccc2O)ccc1O. The Labute approximate surface area is 209 Å². The number of halogens is 1. The maximum atomic E-state index is 13.2. The molecule has 0 saturated carbocycles. The number of amides is 1. The second kappa shape index (κ2) is 9.59. The number of aromatic hydroxyl groups is 2. The van der Waals surface area contributed by atoms with Gasteiger partial charge in [-0.05, 0) is 55.0 Å². The van der Waals surface area contributed by atoms with Gasteiger partial charge < -0.3 is 20.1 Å². The lowest BCUT2D eigenvalue weighted by Crippen LogP contribution is -2.29. The molecule has 36 heavy (non-hydrogen) atoms. The van der Waals surface area contributed by atoms with Crippen LogP contribution in [-0.4, -0.2) is 38.5 Å². The molecule has 0 spiro atoms. The van der Waals surface area contributed by atoms with Crippen LogP contribution in [-0.2, 0) is 9.59 Å². The Morgan fingerprint density at radius 3 is 2.36 bits per heavy atom. The van der Waals surface area contributed by atoms with Gasteiger partial charge in [-0.3, -0.25) is 24.6 Å². The van der Waals surface area contributed by atoms with Crippen molar-refractivity contribution >= 4 is 40.4 Å². The highest BCUT2D eigenvalue weighted by Crippen LogP contribution is 2.46. The van der Waals surface area contributed by atoms with Crippen LogP contribution >= 0.6 is 11.6 Å². The molecular formula is C25H19ClN2O8. The number of hydrogen-bond donors (Lipinski definition) is 3. The highest BCUT2D eigenvalue weighted by molar-refractivity contribution is 6.52. The van der Waals surface area contributed by atoms with Crippen LogP contribution in [0.15, 0.2) is 66.2 Å². The van der Waals surface area contributed by atoms with Crippen LogP contribution < -0.4 is 9.64 Å². The fraction of sp³-hybridized carbons (Fsp3) is 0.120. The Kier molecular flexibility index (Phi) is 6.54. The highest BCUT2D eigenvalue weighted by atomic mass is 35.5. The van der Waals surface area contributed by atoms with Gasteiger partial charge in [0.15, 0.2) is 11.5 Å². The molecule has 0 aromatic heterocycles. The van der Waals surface area contributed by atoms with Crippen molar-refractivity contribution in [3.63, 3.8) is 0 Å². The van der Waals surface area contributed by atoms with E-state index in [0.717, 1.165) is 17.0 Å². The van der Waals surface area contributed by atoms with Crippen molar-refractivity contribution in [1.82, 2.24) is 0 Å². The first-order valence-corrected chi connectivity index (χ1v) is 11.0. The number of phenols is 2. The Morgan fingerprint density at radius 2 is 1.72 bits per heavy atom. The minimum absolute atomic E-state index is 0.0581. The number of anilines is 1. The molecule has 1 amide bonds. The van der Waals surface area contributed by atoms with Crippen molar-refractivity contribution in [3.05, 3.63) is 92.5 Å². The number of Topliss-reactive ketones (excluding diaryl/α,β-unsaturated/α-hetero) is 1. The average Bonchev–Trinajstić information content (AvgIpc) is 3.12. The molecule has 3 N–H and O–H groups in total. The zero-order chi connectivity index (χ0) is 26.1. The van der Waals surface area contributed by atoms with Gasteiger partial charge in [0, 0.05) is 22.7 Å². The van der Waals surface area contributed by atoms with E-state index in [0.29, 0.717) is 0 Å². The number of nitro groups is 1. The van der Waals surface area contributed by atoms with E-state index in [1.807, 2.05) is 0 Å². The molecule has 0 aliphatic carbocycles. The third-order valence-electron chi connectivity index (χ3n) is 5.59. The van der Waals surface area contributed by atoms with Crippen molar-refractivity contribution in [2.45, 2.75) is 13.0 Å². The van der Waals surface area contributed by atoms with E-state index in [2.05, 4.69) is 0 Å². The summed E-state index contributed by atoms with van der Waals surface area (Å²) in [7, 11) is 0. The summed E-state index contributed by atoms with van der Waals surface area (Å²) in [5.74, 6) is -3.13. The first-order valence-electron chi connectivity index (χ1n) is 10.6. The lowest BCUT2D eigenvalue weighted by molar-refractivity contribution is -0.384. The molecule has 3 aromatic carbocycles. The van der Waals surface area contributed by atoms with E-state index in [-0.39, 0.29) is 57.0 Å². The van der Waals surface area contributed by atoms with Gasteiger partial charge in [0.05, 0.1) is 28.8 Å². The molecule has 3 aromatic rings. The van der Waals surface area contributed by atoms with Gasteiger partial charge in [0.2, 0.25) is 0 Å². The van der Waals surface area contributed by atoms with Gasteiger partial charge in [0.1, 0.15) is 11.5 Å². The van der Waals surface area contributed by atoms with E-state index in [1.165, 1.54) is 48.5 Å². The van der Waals surface area contributed by atoms with E-state index in [1.54, 1.807) is 6.92 Å². The number of rotatable bonds is 6.